The van der Waals surface area contributed by atoms with E-state index >= 15 is 0 Å². The van der Waals surface area contributed by atoms with Crippen LogP contribution in [0.15, 0.2) is 16.6 Å². The molecule has 1 fully saturated rings. The van der Waals surface area contributed by atoms with Gasteiger partial charge in [-0.2, -0.15) is 0 Å². The average Bonchev–Trinajstić information content (AvgIpc) is 2.32. The molecule has 0 radical (unpaired) electrons. The summed E-state index contributed by atoms with van der Waals surface area (Å²) in [5.74, 6) is 0. The molecular weight excluding hydrogens is 325 g/mol. The zero-order valence-electron chi connectivity index (χ0n) is 9.22. The molecule has 0 aliphatic heterocycles. The fourth-order valence-corrected chi connectivity index (χ4v) is 2.95. The number of benzene rings is 1. The molecule has 0 heterocycles. The van der Waals surface area contributed by atoms with Crippen LogP contribution in [0.2, 0.25) is 10.0 Å². The first-order chi connectivity index (χ1) is 8.09. The van der Waals surface area contributed by atoms with Gasteiger partial charge in [0, 0.05) is 4.47 Å². The van der Waals surface area contributed by atoms with Gasteiger partial charge in [-0.05, 0) is 40.9 Å². The number of hydrogen-bond donors (Lipinski definition) is 2. The van der Waals surface area contributed by atoms with Crippen molar-refractivity contribution in [2.45, 2.75) is 37.8 Å². The maximum Gasteiger partial charge on any atom is 0.0835 e. The van der Waals surface area contributed by atoms with E-state index in [4.69, 9.17) is 23.2 Å². The summed E-state index contributed by atoms with van der Waals surface area (Å²) in [4.78, 5) is 0. The van der Waals surface area contributed by atoms with Gasteiger partial charge in [-0.1, -0.05) is 36.0 Å². The van der Waals surface area contributed by atoms with E-state index in [-0.39, 0.29) is 12.1 Å². The van der Waals surface area contributed by atoms with E-state index in [1.54, 1.807) is 0 Å². The normalized spacial score (nSPS) is 24.7. The molecule has 2 nitrogen and oxygen atoms in total. The highest BCUT2D eigenvalue weighted by atomic mass is 79.9. The SMILES string of the molecule is OC1CCCCC1Nc1ccc(Br)c(Cl)c1Cl. The standard InChI is InChI=1S/C12H14BrCl2NO/c13-7-5-6-9(12(15)11(7)14)16-8-3-1-2-4-10(8)17/h5-6,8,10,16-17H,1-4H2. The molecule has 0 aromatic heterocycles. The van der Waals surface area contributed by atoms with Crippen molar-refractivity contribution < 1.29 is 5.11 Å². The van der Waals surface area contributed by atoms with Crippen LogP contribution in [0.3, 0.4) is 0 Å². The zero-order valence-corrected chi connectivity index (χ0v) is 12.3. The lowest BCUT2D eigenvalue weighted by Gasteiger charge is -2.29. The van der Waals surface area contributed by atoms with Gasteiger partial charge in [0.05, 0.1) is 27.9 Å². The van der Waals surface area contributed by atoms with Crippen LogP contribution in [-0.2, 0) is 0 Å². The molecule has 2 N–H and O–H groups in total. The fraction of sp³-hybridized carbons (Fsp3) is 0.500. The van der Waals surface area contributed by atoms with Gasteiger partial charge in [0.1, 0.15) is 0 Å². The second kappa shape index (κ2) is 5.79. The van der Waals surface area contributed by atoms with Gasteiger partial charge < -0.3 is 10.4 Å². The second-order valence-corrected chi connectivity index (χ2v) is 5.94. The highest BCUT2D eigenvalue weighted by molar-refractivity contribution is 9.10. The monoisotopic (exact) mass is 337 g/mol. The van der Waals surface area contributed by atoms with Crippen LogP contribution < -0.4 is 5.32 Å². The lowest BCUT2D eigenvalue weighted by atomic mass is 9.92. The Morgan fingerprint density at radius 3 is 2.59 bits per heavy atom. The number of aliphatic hydroxyl groups excluding tert-OH is 1. The number of nitrogens with one attached hydrogen (secondary N) is 1. The highest BCUT2D eigenvalue weighted by Gasteiger charge is 2.23. The average molecular weight is 339 g/mol. The van der Waals surface area contributed by atoms with Gasteiger partial charge in [-0.3, -0.25) is 0 Å². The van der Waals surface area contributed by atoms with E-state index in [9.17, 15) is 5.11 Å². The molecule has 1 saturated carbocycles. The van der Waals surface area contributed by atoms with Crippen LogP contribution in [0.4, 0.5) is 5.69 Å². The largest absolute Gasteiger partial charge is 0.391 e. The first-order valence-corrected chi connectivity index (χ1v) is 7.22. The molecule has 2 unspecified atom stereocenters. The predicted octanol–water partition coefficient (Wildman–Crippen LogP) is 4.47. The van der Waals surface area contributed by atoms with Crippen LogP contribution >= 0.6 is 39.1 Å². The number of hydrogen-bond acceptors (Lipinski definition) is 2. The Labute approximate surface area is 119 Å². The molecule has 1 aliphatic carbocycles. The number of halogens is 3. The first kappa shape index (κ1) is 13.5. The molecule has 1 aromatic carbocycles. The summed E-state index contributed by atoms with van der Waals surface area (Å²) >= 11 is 15.5. The molecule has 0 amide bonds. The molecule has 2 atom stereocenters. The summed E-state index contributed by atoms with van der Waals surface area (Å²) in [5.41, 5.74) is 0.783. The van der Waals surface area contributed by atoms with E-state index in [0.29, 0.717) is 10.0 Å². The third kappa shape index (κ3) is 3.08. The predicted molar refractivity (Wildman–Crippen MR) is 76.0 cm³/mol. The Hall–Kier alpha value is 0.0400. The molecule has 17 heavy (non-hydrogen) atoms. The Kier molecular flexibility index (Phi) is 4.59. The van der Waals surface area contributed by atoms with Crippen molar-refractivity contribution in [1.29, 1.82) is 0 Å². The van der Waals surface area contributed by atoms with Crippen LogP contribution in [0.1, 0.15) is 25.7 Å². The van der Waals surface area contributed by atoms with Gasteiger partial charge in [-0.15, -0.1) is 0 Å². The van der Waals surface area contributed by atoms with E-state index in [0.717, 1.165) is 35.8 Å². The maximum atomic E-state index is 9.90. The van der Waals surface area contributed by atoms with Gasteiger partial charge in [0.15, 0.2) is 0 Å². The zero-order chi connectivity index (χ0) is 12.4. The summed E-state index contributed by atoms with van der Waals surface area (Å²) in [7, 11) is 0. The van der Waals surface area contributed by atoms with E-state index in [1.807, 2.05) is 12.1 Å². The van der Waals surface area contributed by atoms with Gasteiger partial charge in [0.25, 0.3) is 0 Å². The highest BCUT2D eigenvalue weighted by Crippen LogP contribution is 2.37. The Morgan fingerprint density at radius 2 is 1.88 bits per heavy atom. The molecule has 1 aliphatic rings. The number of rotatable bonds is 2. The van der Waals surface area contributed by atoms with Crippen LogP contribution in [0.25, 0.3) is 0 Å². The van der Waals surface area contributed by atoms with Crippen LogP contribution in [0.5, 0.6) is 0 Å². The number of aliphatic hydroxyl groups is 1. The molecule has 0 spiro atoms. The van der Waals surface area contributed by atoms with Gasteiger partial charge in [-0.25, -0.2) is 0 Å². The smallest absolute Gasteiger partial charge is 0.0835 e. The van der Waals surface area contributed by atoms with E-state index in [1.165, 1.54) is 0 Å². The third-order valence-electron chi connectivity index (χ3n) is 3.11. The minimum atomic E-state index is -0.303. The summed E-state index contributed by atoms with van der Waals surface area (Å²) < 4.78 is 0.777. The lowest BCUT2D eigenvalue weighted by molar-refractivity contribution is 0.116. The van der Waals surface area contributed by atoms with Crippen molar-refractivity contribution in [2.24, 2.45) is 0 Å². The van der Waals surface area contributed by atoms with Crippen LogP contribution in [0, 0.1) is 0 Å². The second-order valence-electron chi connectivity index (χ2n) is 4.33. The summed E-state index contributed by atoms with van der Waals surface area (Å²) in [6.45, 7) is 0. The van der Waals surface area contributed by atoms with E-state index in [2.05, 4.69) is 21.2 Å². The maximum absolute atomic E-state index is 9.90. The molecular formula is C12H14BrCl2NO. The Balaban J connectivity index is 2.15. The molecule has 0 bridgehead atoms. The van der Waals surface area contributed by atoms with Crippen molar-refractivity contribution in [1.82, 2.24) is 0 Å². The first-order valence-electron chi connectivity index (χ1n) is 5.67. The van der Waals surface area contributed by atoms with Crippen molar-refractivity contribution in [3.05, 3.63) is 26.7 Å². The van der Waals surface area contributed by atoms with Crippen molar-refractivity contribution >= 4 is 44.8 Å². The molecule has 0 saturated heterocycles. The summed E-state index contributed by atoms with van der Waals surface area (Å²) in [6, 6.07) is 3.80. The molecule has 2 rings (SSSR count). The fourth-order valence-electron chi connectivity index (χ4n) is 2.12. The van der Waals surface area contributed by atoms with Crippen LogP contribution in [-0.4, -0.2) is 17.3 Å². The quantitative estimate of drug-likeness (QED) is 0.779. The minimum Gasteiger partial charge on any atom is -0.391 e. The summed E-state index contributed by atoms with van der Waals surface area (Å²) in [6.07, 6.45) is 3.73. The summed E-state index contributed by atoms with van der Waals surface area (Å²) in [5, 5.41) is 14.2. The minimum absolute atomic E-state index is 0.0680. The van der Waals surface area contributed by atoms with Crippen molar-refractivity contribution in [2.75, 3.05) is 5.32 Å². The molecule has 5 heteroatoms. The lowest BCUT2D eigenvalue weighted by Crippen LogP contribution is -2.36. The topological polar surface area (TPSA) is 32.3 Å². The Morgan fingerprint density at radius 1 is 1.18 bits per heavy atom. The number of anilines is 1. The van der Waals surface area contributed by atoms with Crippen molar-refractivity contribution in [3.8, 4) is 0 Å². The van der Waals surface area contributed by atoms with Gasteiger partial charge >= 0.3 is 0 Å². The molecule has 94 valence electrons. The third-order valence-corrected chi connectivity index (χ3v) is 4.88. The van der Waals surface area contributed by atoms with Gasteiger partial charge in [0.2, 0.25) is 0 Å². The molecule has 1 aromatic rings. The Bertz CT molecular complexity index is 414. The van der Waals surface area contributed by atoms with E-state index < -0.39 is 0 Å². The van der Waals surface area contributed by atoms with Crippen molar-refractivity contribution in [3.63, 3.8) is 0 Å².